The quantitative estimate of drug-likeness (QED) is 0.851. The molecule has 3 nitrogen and oxygen atoms in total. The van der Waals surface area contributed by atoms with Gasteiger partial charge in [-0.15, -0.1) is 0 Å². The average Bonchev–Trinajstić information content (AvgIpc) is 2.26. The van der Waals surface area contributed by atoms with Gasteiger partial charge in [0.15, 0.2) is 0 Å². The molecule has 0 radical (unpaired) electrons. The zero-order valence-corrected chi connectivity index (χ0v) is 14.7. The maximum absolute atomic E-state index is 12.2. The van der Waals surface area contributed by atoms with Gasteiger partial charge >= 0.3 is 0 Å². The molecule has 0 aromatic heterocycles. The van der Waals surface area contributed by atoms with E-state index in [0.717, 1.165) is 4.47 Å². The largest absolute Gasteiger partial charge is 0.242 e. The van der Waals surface area contributed by atoms with Crippen molar-refractivity contribution < 1.29 is 8.42 Å². The van der Waals surface area contributed by atoms with E-state index in [1.165, 1.54) is 6.07 Å². The topological polar surface area (TPSA) is 46.2 Å². The molecule has 1 N–H and O–H groups in total. The molecule has 0 saturated heterocycles. The first-order chi connectivity index (χ1) is 8.56. The number of benzene rings is 1. The van der Waals surface area contributed by atoms with Crippen LogP contribution in [-0.2, 0) is 10.0 Å². The highest BCUT2D eigenvalue weighted by atomic mass is 79.9. The number of hydrogen-bond donors (Lipinski definition) is 1. The summed E-state index contributed by atoms with van der Waals surface area (Å²) in [6.07, 6.45) is 0. The molecule has 19 heavy (non-hydrogen) atoms. The zero-order valence-electron chi connectivity index (χ0n) is 11.5. The predicted octanol–water partition coefficient (Wildman–Crippen LogP) is 4.06. The number of sulfonamides is 1. The maximum Gasteiger partial charge on any atom is 0.242 e. The van der Waals surface area contributed by atoms with E-state index in [1.807, 2.05) is 13.8 Å². The van der Waals surface area contributed by atoms with E-state index in [9.17, 15) is 8.42 Å². The zero-order chi connectivity index (χ0) is 14.8. The van der Waals surface area contributed by atoms with Crippen molar-refractivity contribution in [1.29, 1.82) is 0 Å². The van der Waals surface area contributed by atoms with Crippen LogP contribution < -0.4 is 4.72 Å². The lowest BCUT2D eigenvalue weighted by atomic mass is 9.81. The van der Waals surface area contributed by atoms with Crippen LogP contribution in [0.2, 0.25) is 5.02 Å². The fourth-order valence-electron chi connectivity index (χ4n) is 1.26. The van der Waals surface area contributed by atoms with Gasteiger partial charge in [0.1, 0.15) is 4.90 Å². The van der Waals surface area contributed by atoms with Crippen molar-refractivity contribution in [3.05, 3.63) is 27.7 Å². The molecule has 0 saturated carbocycles. The van der Waals surface area contributed by atoms with Crippen LogP contribution in [0.3, 0.4) is 0 Å². The molecule has 1 aromatic rings. The molecule has 0 aliphatic heterocycles. The van der Waals surface area contributed by atoms with E-state index < -0.39 is 10.0 Å². The Kier molecular flexibility index (Phi) is 5.46. The van der Waals surface area contributed by atoms with Gasteiger partial charge in [-0.25, -0.2) is 13.1 Å². The van der Waals surface area contributed by atoms with Gasteiger partial charge in [0.05, 0.1) is 5.02 Å². The monoisotopic (exact) mass is 367 g/mol. The van der Waals surface area contributed by atoms with E-state index in [2.05, 4.69) is 34.5 Å². The predicted molar refractivity (Wildman–Crippen MR) is 83.0 cm³/mol. The van der Waals surface area contributed by atoms with Crippen molar-refractivity contribution in [3.8, 4) is 0 Å². The molecule has 0 aliphatic rings. The third-order valence-electron chi connectivity index (χ3n) is 3.46. The summed E-state index contributed by atoms with van der Waals surface area (Å²) in [7, 11) is -3.58. The SMILES string of the molecule is CC(C)C(C)(C)CNS(=O)(=O)c1ccc(Br)cc1Cl. The van der Waals surface area contributed by atoms with E-state index in [4.69, 9.17) is 11.6 Å². The minimum atomic E-state index is -3.58. The minimum Gasteiger partial charge on any atom is -0.211 e. The molecule has 108 valence electrons. The lowest BCUT2D eigenvalue weighted by Gasteiger charge is -2.29. The van der Waals surface area contributed by atoms with Crippen molar-refractivity contribution in [1.82, 2.24) is 4.72 Å². The third-order valence-corrected chi connectivity index (χ3v) is 5.84. The maximum atomic E-state index is 12.2. The highest BCUT2D eigenvalue weighted by Crippen LogP contribution is 2.28. The van der Waals surface area contributed by atoms with Crippen LogP contribution in [0.25, 0.3) is 0 Å². The van der Waals surface area contributed by atoms with E-state index >= 15 is 0 Å². The van der Waals surface area contributed by atoms with Crippen LogP contribution in [0.4, 0.5) is 0 Å². The van der Waals surface area contributed by atoms with Gasteiger partial charge in [-0.2, -0.15) is 0 Å². The second-order valence-electron chi connectivity index (χ2n) is 5.54. The summed E-state index contributed by atoms with van der Waals surface area (Å²) < 4.78 is 27.8. The van der Waals surface area contributed by atoms with Crippen LogP contribution >= 0.6 is 27.5 Å². The lowest BCUT2D eigenvalue weighted by molar-refractivity contribution is 0.252. The van der Waals surface area contributed by atoms with Gasteiger partial charge in [0.25, 0.3) is 0 Å². The molecule has 0 bridgehead atoms. The highest BCUT2D eigenvalue weighted by molar-refractivity contribution is 9.10. The van der Waals surface area contributed by atoms with Crippen molar-refractivity contribution >= 4 is 37.6 Å². The second-order valence-corrected chi connectivity index (χ2v) is 8.60. The number of nitrogens with one attached hydrogen (secondary N) is 1. The van der Waals surface area contributed by atoms with Crippen LogP contribution in [0, 0.1) is 11.3 Å². The Hall–Kier alpha value is -0.100. The molecule has 0 spiro atoms. The van der Waals surface area contributed by atoms with Gasteiger partial charge in [0.2, 0.25) is 10.0 Å². The van der Waals surface area contributed by atoms with E-state index in [-0.39, 0.29) is 15.3 Å². The lowest BCUT2D eigenvalue weighted by Crippen LogP contribution is -2.37. The highest BCUT2D eigenvalue weighted by Gasteiger charge is 2.26. The molecule has 1 aromatic carbocycles. The molecule has 0 heterocycles. The molecular formula is C13H19BrClNO2S. The smallest absolute Gasteiger partial charge is 0.211 e. The van der Waals surface area contributed by atoms with Crippen molar-refractivity contribution in [3.63, 3.8) is 0 Å². The van der Waals surface area contributed by atoms with Gasteiger partial charge in [-0.05, 0) is 29.5 Å². The standard InChI is InChI=1S/C13H19BrClNO2S/c1-9(2)13(3,4)8-16-19(17,18)12-6-5-10(14)7-11(12)15/h5-7,9,16H,8H2,1-4H3. The Labute approximate surface area is 128 Å². The Bertz CT molecular complexity index is 556. The summed E-state index contributed by atoms with van der Waals surface area (Å²) in [6.45, 7) is 8.58. The van der Waals surface area contributed by atoms with Crippen molar-refractivity contribution in [2.45, 2.75) is 32.6 Å². The van der Waals surface area contributed by atoms with E-state index in [0.29, 0.717) is 12.5 Å². The van der Waals surface area contributed by atoms with Gasteiger partial charge < -0.3 is 0 Å². The molecule has 0 atom stereocenters. The number of hydrogen-bond acceptors (Lipinski definition) is 2. The van der Waals surface area contributed by atoms with Crippen LogP contribution in [-0.4, -0.2) is 15.0 Å². The van der Waals surface area contributed by atoms with Gasteiger partial charge in [0, 0.05) is 11.0 Å². The van der Waals surface area contributed by atoms with Crippen LogP contribution in [0.5, 0.6) is 0 Å². The first-order valence-electron chi connectivity index (χ1n) is 6.01. The normalized spacial score (nSPS) is 13.0. The summed E-state index contributed by atoms with van der Waals surface area (Å²) in [6, 6.07) is 4.73. The fourth-order valence-corrected chi connectivity index (χ4v) is 3.51. The van der Waals surface area contributed by atoms with Crippen LogP contribution in [0.1, 0.15) is 27.7 Å². The first kappa shape index (κ1) is 17.0. The van der Waals surface area contributed by atoms with Gasteiger partial charge in [-0.1, -0.05) is 55.2 Å². The molecule has 0 amide bonds. The average molecular weight is 369 g/mol. The third kappa shape index (κ3) is 4.45. The molecule has 6 heteroatoms. The fraction of sp³-hybridized carbons (Fsp3) is 0.538. The summed E-state index contributed by atoms with van der Waals surface area (Å²) in [5.41, 5.74) is -0.116. The molecular weight excluding hydrogens is 350 g/mol. The van der Waals surface area contributed by atoms with Crippen molar-refractivity contribution in [2.75, 3.05) is 6.54 Å². The summed E-state index contributed by atoms with van der Waals surface area (Å²) in [5, 5.41) is 0.212. The summed E-state index contributed by atoms with van der Waals surface area (Å²) in [5.74, 6) is 0.371. The number of rotatable bonds is 5. The number of halogens is 2. The summed E-state index contributed by atoms with van der Waals surface area (Å²) >= 11 is 9.23. The Morgan fingerprint density at radius 1 is 1.37 bits per heavy atom. The Morgan fingerprint density at radius 2 is 1.95 bits per heavy atom. The van der Waals surface area contributed by atoms with E-state index in [1.54, 1.807) is 12.1 Å². The molecule has 0 aliphatic carbocycles. The molecule has 0 unspecified atom stereocenters. The minimum absolute atomic E-state index is 0.108. The Balaban J connectivity index is 2.94. The molecule has 0 fully saturated rings. The first-order valence-corrected chi connectivity index (χ1v) is 8.66. The van der Waals surface area contributed by atoms with Crippen molar-refractivity contribution in [2.24, 2.45) is 11.3 Å². The Morgan fingerprint density at radius 3 is 2.42 bits per heavy atom. The molecule has 1 rings (SSSR count). The summed E-state index contributed by atoms with van der Waals surface area (Å²) in [4.78, 5) is 0.108. The second kappa shape index (κ2) is 6.12. The van der Waals surface area contributed by atoms with Crippen LogP contribution in [0.15, 0.2) is 27.6 Å². The van der Waals surface area contributed by atoms with Gasteiger partial charge in [-0.3, -0.25) is 0 Å².